The van der Waals surface area contributed by atoms with E-state index in [1.165, 1.54) is 44.8 Å². The molecule has 0 bridgehead atoms. The molecule has 1 aliphatic heterocycles. The monoisotopic (exact) mass is 402 g/mol. The largest absolute Gasteiger partial charge is 0.494 e. The van der Waals surface area contributed by atoms with Crippen molar-refractivity contribution in [2.75, 3.05) is 7.11 Å². The third-order valence-corrected chi connectivity index (χ3v) is 5.51. The first-order valence-electron chi connectivity index (χ1n) is 10.8. The van der Waals surface area contributed by atoms with Gasteiger partial charge in [0, 0.05) is 6.42 Å². The summed E-state index contributed by atoms with van der Waals surface area (Å²) in [6.45, 7) is 2.24. The second-order valence-corrected chi connectivity index (χ2v) is 7.68. The highest BCUT2D eigenvalue weighted by atomic mass is 16.7. The van der Waals surface area contributed by atoms with Gasteiger partial charge < -0.3 is 14.6 Å². The van der Waals surface area contributed by atoms with Gasteiger partial charge in [0.25, 0.3) is 6.29 Å². The lowest BCUT2D eigenvalue weighted by Gasteiger charge is -2.16. The number of esters is 1. The van der Waals surface area contributed by atoms with Crippen molar-refractivity contribution in [3.05, 3.63) is 47.2 Å². The second kappa shape index (κ2) is 12.4. The lowest BCUT2D eigenvalue weighted by Crippen LogP contribution is -2.11. The molecule has 2 unspecified atom stereocenters. The zero-order chi connectivity index (χ0) is 21.1. The number of rotatable bonds is 14. The van der Waals surface area contributed by atoms with Gasteiger partial charge in [-0.25, -0.2) is 4.79 Å². The Morgan fingerprint density at radius 2 is 1.72 bits per heavy atom. The van der Waals surface area contributed by atoms with E-state index < -0.39 is 12.3 Å². The van der Waals surface area contributed by atoms with E-state index in [0.29, 0.717) is 5.92 Å². The van der Waals surface area contributed by atoms with Crippen molar-refractivity contribution >= 4 is 11.8 Å². The first-order chi connectivity index (χ1) is 14.1. The molecule has 1 aromatic carbocycles. The van der Waals surface area contributed by atoms with Crippen molar-refractivity contribution < 1.29 is 24.2 Å². The summed E-state index contributed by atoms with van der Waals surface area (Å²) in [5, 5.41) is 9.54. The van der Waals surface area contributed by atoms with Crippen molar-refractivity contribution in [2.24, 2.45) is 0 Å². The van der Waals surface area contributed by atoms with Gasteiger partial charge in [-0.05, 0) is 30.7 Å². The second-order valence-electron chi connectivity index (χ2n) is 7.68. The molecular formula is C24H34O5. The maximum absolute atomic E-state index is 12.2. The van der Waals surface area contributed by atoms with Gasteiger partial charge in [0.2, 0.25) is 0 Å². The summed E-state index contributed by atoms with van der Waals surface area (Å²) in [6.07, 6.45) is 8.85. The normalized spacial score (nSPS) is 17.3. The van der Waals surface area contributed by atoms with Crippen LogP contribution in [-0.2, 0) is 19.1 Å². The minimum absolute atomic E-state index is 0.0694. The third-order valence-electron chi connectivity index (χ3n) is 5.51. The molecule has 0 saturated carbocycles. The highest BCUT2D eigenvalue weighted by molar-refractivity contribution is 6.18. The number of carbonyl (C=O) groups is 2. The van der Waals surface area contributed by atoms with Crippen LogP contribution >= 0.6 is 0 Å². The fraction of sp³-hybridized carbons (Fsp3) is 0.583. The van der Waals surface area contributed by atoms with Crippen LogP contribution in [0.15, 0.2) is 41.7 Å². The van der Waals surface area contributed by atoms with Crippen LogP contribution in [0, 0.1) is 0 Å². The Morgan fingerprint density at radius 3 is 2.38 bits per heavy atom. The zero-order valence-electron chi connectivity index (χ0n) is 17.7. The molecule has 2 rings (SSSR count). The van der Waals surface area contributed by atoms with Crippen molar-refractivity contribution in [2.45, 2.75) is 83.3 Å². The molecule has 0 spiro atoms. The van der Waals surface area contributed by atoms with E-state index in [-0.39, 0.29) is 23.5 Å². The summed E-state index contributed by atoms with van der Waals surface area (Å²) >= 11 is 0. The number of unbranched alkanes of at least 4 members (excludes halogenated alkanes) is 5. The molecular weight excluding hydrogens is 368 g/mol. The molecule has 1 aliphatic rings. The Labute approximate surface area is 174 Å². The molecule has 1 aromatic rings. The van der Waals surface area contributed by atoms with Crippen LogP contribution in [0.4, 0.5) is 0 Å². The minimum Gasteiger partial charge on any atom is -0.494 e. The predicted molar refractivity (Wildman–Crippen MR) is 112 cm³/mol. The van der Waals surface area contributed by atoms with E-state index in [9.17, 15) is 14.7 Å². The van der Waals surface area contributed by atoms with Gasteiger partial charge in [-0.15, -0.1) is 0 Å². The van der Waals surface area contributed by atoms with E-state index >= 15 is 0 Å². The standard InChI is InChI=1S/C24H34O5/c1-3-13-18(19-15-10-8-11-16-19)14-9-6-4-5-7-12-17-20(25)21-22(28-2)24(27)29-23(21)26/h8,10-11,15-16,18,24,27H,3-7,9,12-14,17H2,1-2H3. The van der Waals surface area contributed by atoms with Gasteiger partial charge in [0.1, 0.15) is 5.57 Å². The highest BCUT2D eigenvalue weighted by Gasteiger charge is 2.37. The van der Waals surface area contributed by atoms with Crippen LogP contribution in [0.2, 0.25) is 0 Å². The lowest BCUT2D eigenvalue weighted by atomic mass is 9.89. The van der Waals surface area contributed by atoms with E-state index in [4.69, 9.17) is 4.74 Å². The summed E-state index contributed by atoms with van der Waals surface area (Å²) in [5.41, 5.74) is 1.32. The predicted octanol–water partition coefficient (Wildman–Crippen LogP) is 5.04. The van der Waals surface area contributed by atoms with Gasteiger partial charge in [-0.1, -0.05) is 75.8 Å². The molecule has 29 heavy (non-hydrogen) atoms. The molecule has 0 fully saturated rings. The molecule has 0 aromatic heterocycles. The van der Waals surface area contributed by atoms with E-state index in [2.05, 4.69) is 42.0 Å². The number of benzene rings is 1. The quantitative estimate of drug-likeness (QED) is 0.268. The smallest absolute Gasteiger partial charge is 0.348 e. The topological polar surface area (TPSA) is 72.8 Å². The number of hydrogen-bond donors (Lipinski definition) is 1. The van der Waals surface area contributed by atoms with Crippen molar-refractivity contribution in [3.8, 4) is 0 Å². The van der Waals surface area contributed by atoms with Crippen LogP contribution in [0.25, 0.3) is 0 Å². The number of cyclic esters (lactones) is 1. The zero-order valence-corrected chi connectivity index (χ0v) is 17.7. The number of aliphatic hydroxyl groups is 1. The summed E-state index contributed by atoms with van der Waals surface area (Å²) in [6, 6.07) is 10.8. The number of carbonyl (C=O) groups excluding carboxylic acids is 2. The molecule has 0 saturated heterocycles. The molecule has 5 nitrogen and oxygen atoms in total. The Kier molecular flexibility index (Phi) is 9.92. The van der Waals surface area contributed by atoms with Gasteiger partial charge in [-0.2, -0.15) is 0 Å². The SMILES string of the molecule is CCCC(CCCCCCCCC(=O)C1=C(OC)C(O)OC1=O)c1ccccc1. The highest BCUT2D eigenvalue weighted by Crippen LogP contribution is 2.27. The average Bonchev–Trinajstić information content (AvgIpc) is 3.02. The lowest BCUT2D eigenvalue weighted by molar-refractivity contribution is -0.154. The fourth-order valence-corrected chi connectivity index (χ4v) is 3.95. The van der Waals surface area contributed by atoms with E-state index in [1.807, 2.05) is 0 Å². The molecule has 1 N–H and O–H groups in total. The number of hydrogen-bond acceptors (Lipinski definition) is 5. The van der Waals surface area contributed by atoms with Crippen molar-refractivity contribution in [3.63, 3.8) is 0 Å². The van der Waals surface area contributed by atoms with Gasteiger partial charge in [-0.3, -0.25) is 4.79 Å². The minimum atomic E-state index is -1.46. The van der Waals surface area contributed by atoms with E-state index in [1.54, 1.807) is 0 Å². The first-order valence-corrected chi connectivity index (χ1v) is 10.8. The maximum Gasteiger partial charge on any atom is 0.348 e. The Morgan fingerprint density at radius 1 is 1.07 bits per heavy atom. The summed E-state index contributed by atoms with van der Waals surface area (Å²) < 4.78 is 9.57. The summed E-state index contributed by atoms with van der Waals surface area (Å²) in [7, 11) is 1.32. The molecule has 1 heterocycles. The van der Waals surface area contributed by atoms with Gasteiger partial charge in [0.15, 0.2) is 11.5 Å². The van der Waals surface area contributed by atoms with Crippen LogP contribution in [0.3, 0.4) is 0 Å². The number of methoxy groups -OCH3 is 1. The van der Waals surface area contributed by atoms with Crippen molar-refractivity contribution in [1.82, 2.24) is 0 Å². The number of ether oxygens (including phenoxy) is 2. The van der Waals surface area contributed by atoms with Crippen LogP contribution < -0.4 is 0 Å². The maximum atomic E-state index is 12.2. The third kappa shape index (κ3) is 7.00. The van der Waals surface area contributed by atoms with E-state index in [0.717, 1.165) is 25.7 Å². The fourth-order valence-electron chi connectivity index (χ4n) is 3.95. The summed E-state index contributed by atoms with van der Waals surface area (Å²) in [4.78, 5) is 23.9. The number of aliphatic hydroxyl groups excluding tert-OH is 1. The van der Waals surface area contributed by atoms with Crippen LogP contribution in [0.5, 0.6) is 0 Å². The average molecular weight is 403 g/mol. The molecule has 0 aliphatic carbocycles. The summed E-state index contributed by atoms with van der Waals surface area (Å²) in [5.74, 6) is -0.517. The molecule has 0 radical (unpaired) electrons. The molecule has 160 valence electrons. The molecule has 5 heteroatoms. The van der Waals surface area contributed by atoms with Crippen LogP contribution in [0.1, 0.15) is 82.6 Å². The first kappa shape index (κ1) is 23.1. The van der Waals surface area contributed by atoms with Gasteiger partial charge >= 0.3 is 5.97 Å². The van der Waals surface area contributed by atoms with Gasteiger partial charge in [0.05, 0.1) is 7.11 Å². The van der Waals surface area contributed by atoms with Crippen molar-refractivity contribution in [1.29, 1.82) is 0 Å². The number of ketones is 1. The Hall–Kier alpha value is -2.14. The Balaban J connectivity index is 1.61. The van der Waals surface area contributed by atoms with Crippen LogP contribution in [-0.4, -0.2) is 30.3 Å². The molecule has 0 amide bonds. The molecule has 2 atom stereocenters. The number of Topliss-reactive ketones (excluding diaryl/α,β-unsaturated/α-hetero) is 1. The Bertz CT molecular complexity index is 680.